The summed E-state index contributed by atoms with van der Waals surface area (Å²) in [7, 11) is 4.19. The number of benzene rings is 2. The van der Waals surface area contributed by atoms with Gasteiger partial charge >= 0.3 is 0 Å². The summed E-state index contributed by atoms with van der Waals surface area (Å²) in [6, 6.07) is 18.6. The van der Waals surface area contributed by atoms with Gasteiger partial charge in [0.25, 0.3) is 0 Å². The van der Waals surface area contributed by atoms with Gasteiger partial charge in [-0.25, -0.2) is 0 Å². The average Bonchev–Trinajstić information content (AvgIpc) is 3.56. The second-order valence-electron chi connectivity index (χ2n) is 7.99. The van der Waals surface area contributed by atoms with Crippen LogP contribution in [0.4, 0.5) is 0 Å². The minimum Gasteiger partial charge on any atom is -0.486 e. The molecule has 2 aromatic rings. The fourth-order valence-electron chi connectivity index (χ4n) is 3.60. The lowest BCUT2D eigenvalue weighted by Crippen LogP contribution is -2.37. The van der Waals surface area contributed by atoms with Crippen molar-refractivity contribution in [1.82, 2.24) is 9.80 Å². The summed E-state index contributed by atoms with van der Waals surface area (Å²) in [6.07, 6.45) is 1.86. The number of rotatable bonds is 8. The van der Waals surface area contributed by atoms with Crippen molar-refractivity contribution in [3.8, 4) is 17.6 Å². The summed E-state index contributed by atoms with van der Waals surface area (Å²) < 4.78 is 11.9. The van der Waals surface area contributed by atoms with Crippen molar-refractivity contribution in [2.24, 2.45) is 0 Å². The number of hydrogen-bond acceptors (Lipinski definition) is 5. The number of nitrogens with zero attached hydrogens (tertiary/aromatic N) is 2. The highest BCUT2D eigenvalue weighted by Crippen LogP contribution is 2.46. The maximum Gasteiger partial charge on any atom is 0.129 e. The molecule has 2 saturated heterocycles. The van der Waals surface area contributed by atoms with Crippen molar-refractivity contribution in [1.29, 1.82) is 0 Å². The molecule has 2 aromatic carbocycles. The first kappa shape index (κ1) is 21.3. The zero-order valence-electron chi connectivity index (χ0n) is 17.8. The first-order chi connectivity index (χ1) is 14.7. The van der Waals surface area contributed by atoms with E-state index in [1.165, 1.54) is 5.56 Å². The Bertz CT molecular complexity index is 860. The third-order valence-corrected chi connectivity index (χ3v) is 6.52. The van der Waals surface area contributed by atoms with Crippen molar-refractivity contribution in [2.45, 2.75) is 29.8 Å². The fraction of sp³-hybridized carbons (Fsp3) is 0.440. The number of ether oxygens (including phenoxy) is 2. The predicted octanol–water partition coefficient (Wildman–Crippen LogP) is 4.23. The highest BCUT2D eigenvalue weighted by Gasteiger charge is 2.46. The molecule has 0 bridgehead atoms. The molecular formula is C25H30N2O2S. The molecule has 2 aliphatic heterocycles. The Morgan fingerprint density at radius 3 is 2.73 bits per heavy atom. The van der Waals surface area contributed by atoms with Crippen LogP contribution in [-0.4, -0.2) is 60.9 Å². The molecule has 158 valence electrons. The average molecular weight is 423 g/mol. The third-order valence-electron chi connectivity index (χ3n) is 5.35. The molecule has 0 radical (unpaired) electrons. The van der Waals surface area contributed by atoms with Crippen LogP contribution < -0.4 is 4.74 Å². The van der Waals surface area contributed by atoms with E-state index in [0.717, 1.165) is 50.4 Å². The van der Waals surface area contributed by atoms with E-state index < -0.39 is 0 Å². The lowest BCUT2D eigenvalue weighted by Gasteiger charge is -2.23. The first-order valence-electron chi connectivity index (χ1n) is 10.7. The zero-order chi connectivity index (χ0) is 20.8. The standard InChI is InChI=1S/C25H30N2O2S/c1-26(2)17-15-23(29-22-9-4-3-5-10-22)21-13-11-20(12-14-21)8-6-7-16-27-18-19-28-25-24(27)30-25/h3-5,9-14,23-25H,7,15-19H2,1-2H3. The van der Waals surface area contributed by atoms with Crippen LogP contribution >= 0.6 is 11.8 Å². The van der Waals surface area contributed by atoms with E-state index in [4.69, 9.17) is 9.47 Å². The number of fused-ring (bicyclic) bond motifs is 1. The van der Waals surface area contributed by atoms with Crippen LogP contribution in [0.5, 0.6) is 5.75 Å². The molecule has 2 heterocycles. The maximum atomic E-state index is 6.29. The van der Waals surface area contributed by atoms with E-state index in [-0.39, 0.29) is 6.10 Å². The van der Waals surface area contributed by atoms with E-state index in [1.54, 1.807) is 0 Å². The molecule has 4 nitrogen and oxygen atoms in total. The summed E-state index contributed by atoms with van der Waals surface area (Å²) in [6.45, 7) is 3.88. The molecule has 3 atom stereocenters. The van der Waals surface area contributed by atoms with Gasteiger partial charge in [-0.2, -0.15) is 0 Å². The Labute approximate surface area is 184 Å². The summed E-state index contributed by atoms with van der Waals surface area (Å²) in [4.78, 5) is 4.69. The van der Waals surface area contributed by atoms with Crippen LogP contribution in [0.15, 0.2) is 54.6 Å². The van der Waals surface area contributed by atoms with Crippen LogP contribution in [0.2, 0.25) is 0 Å². The van der Waals surface area contributed by atoms with Gasteiger partial charge in [0.2, 0.25) is 0 Å². The minimum atomic E-state index is 0.0297. The van der Waals surface area contributed by atoms with Gasteiger partial charge in [0.1, 0.15) is 17.3 Å². The molecular weight excluding hydrogens is 392 g/mol. The van der Waals surface area contributed by atoms with Crippen molar-refractivity contribution in [3.63, 3.8) is 0 Å². The van der Waals surface area contributed by atoms with Crippen molar-refractivity contribution in [3.05, 3.63) is 65.7 Å². The van der Waals surface area contributed by atoms with Crippen LogP contribution in [0, 0.1) is 11.8 Å². The van der Waals surface area contributed by atoms with Gasteiger partial charge < -0.3 is 14.4 Å². The summed E-state index contributed by atoms with van der Waals surface area (Å²) >= 11 is 1.91. The predicted molar refractivity (Wildman–Crippen MR) is 124 cm³/mol. The number of thioether (sulfide) groups is 1. The molecule has 0 amide bonds. The van der Waals surface area contributed by atoms with Gasteiger partial charge in [0.05, 0.1) is 12.0 Å². The summed E-state index contributed by atoms with van der Waals surface area (Å²) in [5.41, 5.74) is 2.67. The quantitative estimate of drug-likeness (QED) is 0.468. The first-order valence-corrected chi connectivity index (χ1v) is 11.6. The highest BCUT2D eigenvalue weighted by atomic mass is 32.2. The molecule has 0 saturated carbocycles. The van der Waals surface area contributed by atoms with E-state index in [0.29, 0.717) is 10.8 Å². The maximum absolute atomic E-state index is 6.29. The Kier molecular flexibility index (Phi) is 7.35. The summed E-state index contributed by atoms with van der Waals surface area (Å²) in [5, 5.41) is 0.573. The lowest BCUT2D eigenvalue weighted by molar-refractivity contribution is 0.0341. The van der Waals surface area contributed by atoms with E-state index >= 15 is 0 Å². The number of hydrogen-bond donors (Lipinski definition) is 0. The van der Waals surface area contributed by atoms with E-state index in [9.17, 15) is 0 Å². The van der Waals surface area contributed by atoms with E-state index in [1.807, 2.05) is 42.1 Å². The number of para-hydroxylation sites is 1. The Hall–Kier alpha value is -1.97. The smallest absolute Gasteiger partial charge is 0.129 e. The van der Waals surface area contributed by atoms with Crippen LogP contribution in [0.25, 0.3) is 0 Å². The molecule has 2 fully saturated rings. The van der Waals surface area contributed by atoms with Crippen LogP contribution in [0.3, 0.4) is 0 Å². The zero-order valence-corrected chi connectivity index (χ0v) is 18.6. The fourth-order valence-corrected chi connectivity index (χ4v) is 4.59. The van der Waals surface area contributed by atoms with Gasteiger partial charge in [0.15, 0.2) is 0 Å². The normalized spacial score (nSPS) is 21.4. The second-order valence-corrected chi connectivity index (χ2v) is 9.21. The van der Waals surface area contributed by atoms with Gasteiger partial charge in [-0.15, -0.1) is 11.8 Å². The molecule has 4 rings (SSSR count). The lowest BCUT2D eigenvalue weighted by atomic mass is 10.0. The number of morpholine rings is 1. The molecule has 0 N–H and O–H groups in total. The van der Waals surface area contributed by atoms with Crippen molar-refractivity contribution < 1.29 is 9.47 Å². The summed E-state index contributed by atoms with van der Waals surface area (Å²) in [5.74, 6) is 7.56. The van der Waals surface area contributed by atoms with Crippen LogP contribution in [-0.2, 0) is 4.74 Å². The highest BCUT2D eigenvalue weighted by molar-refractivity contribution is 8.07. The topological polar surface area (TPSA) is 24.9 Å². The van der Waals surface area contributed by atoms with Gasteiger partial charge in [-0.05, 0) is 43.9 Å². The van der Waals surface area contributed by atoms with Gasteiger partial charge in [-0.1, -0.05) is 42.2 Å². The SMILES string of the molecule is CN(C)CCC(Oc1ccccc1)c1ccc(C#CCCN2CCOC3SC32)cc1. The molecule has 2 aliphatic rings. The molecule has 30 heavy (non-hydrogen) atoms. The largest absolute Gasteiger partial charge is 0.486 e. The molecule has 5 heteroatoms. The third kappa shape index (κ3) is 6.02. The molecule has 0 aliphatic carbocycles. The van der Waals surface area contributed by atoms with Crippen molar-refractivity contribution >= 4 is 11.8 Å². The Balaban J connectivity index is 1.34. The molecule has 0 spiro atoms. The molecule has 0 aromatic heterocycles. The van der Waals surface area contributed by atoms with E-state index in [2.05, 4.69) is 60.0 Å². The second kappa shape index (κ2) is 10.4. The van der Waals surface area contributed by atoms with Gasteiger partial charge in [-0.3, -0.25) is 4.90 Å². The van der Waals surface area contributed by atoms with Gasteiger partial charge in [0, 0.05) is 38.0 Å². The molecule has 3 unspecified atom stereocenters. The van der Waals surface area contributed by atoms with Crippen LogP contribution in [0.1, 0.15) is 30.1 Å². The monoisotopic (exact) mass is 422 g/mol. The Morgan fingerprint density at radius 2 is 1.97 bits per heavy atom. The van der Waals surface area contributed by atoms with Crippen molar-refractivity contribution in [2.75, 3.05) is 40.3 Å². The Morgan fingerprint density at radius 1 is 1.17 bits per heavy atom. The minimum absolute atomic E-state index is 0.0297.